The summed E-state index contributed by atoms with van der Waals surface area (Å²) in [6.07, 6.45) is 14.4. The van der Waals surface area contributed by atoms with E-state index in [0.717, 1.165) is 30.9 Å². The monoisotopic (exact) mass is 342 g/mol. The molecule has 0 aromatic carbocycles. The predicted molar refractivity (Wildman–Crippen MR) is 97.7 cm³/mol. The second kappa shape index (κ2) is 6.34. The maximum atomic E-state index is 11.6. The number of carbonyl (C=O) groups excluding carboxylic acids is 1. The maximum Gasteiger partial charge on any atom is 0.305 e. The van der Waals surface area contributed by atoms with Crippen molar-refractivity contribution >= 4 is 5.97 Å². The SMILES string of the molecule is CCC(=O)OC1CC[C@H]2C(CC=C3C4=CC=C(OC)[C@@]4(C)CC[C@@H]32)C1. The molecular weight excluding hydrogens is 312 g/mol. The highest BCUT2D eigenvalue weighted by Gasteiger charge is 2.49. The van der Waals surface area contributed by atoms with Crippen LogP contribution < -0.4 is 0 Å². The first-order valence-corrected chi connectivity index (χ1v) is 9.93. The summed E-state index contributed by atoms with van der Waals surface area (Å²) in [6, 6.07) is 0. The van der Waals surface area contributed by atoms with E-state index in [-0.39, 0.29) is 17.5 Å². The van der Waals surface area contributed by atoms with Gasteiger partial charge < -0.3 is 9.47 Å². The van der Waals surface area contributed by atoms with Gasteiger partial charge in [0.05, 0.1) is 12.5 Å². The molecule has 3 heteroatoms. The lowest BCUT2D eigenvalue weighted by atomic mass is 9.56. The minimum absolute atomic E-state index is 0.0433. The average molecular weight is 342 g/mol. The van der Waals surface area contributed by atoms with Gasteiger partial charge in [-0.25, -0.2) is 0 Å². The number of ether oxygens (including phenoxy) is 2. The summed E-state index contributed by atoms with van der Waals surface area (Å²) in [7, 11) is 1.80. The first-order chi connectivity index (χ1) is 12.1. The van der Waals surface area contributed by atoms with Crippen molar-refractivity contribution in [1.29, 1.82) is 0 Å². The molecule has 0 spiro atoms. The highest BCUT2D eigenvalue weighted by molar-refractivity contribution is 5.69. The highest BCUT2D eigenvalue weighted by atomic mass is 16.5. The summed E-state index contributed by atoms with van der Waals surface area (Å²) in [6.45, 7) is 4.21. The third-order valence-corrected chi connectivity index (χ3v) is 7.16. The Bertz CT molecular complexity index is 656. The zero-order valence-electron chi connectivity index (χ0n) is 15.7. The molecule has 2 saturated carbocycles. The van der Waals surface area contributed by atoms with E-state index in [1.165, 1.54) is 24.8 Å². The van der Waals surface area contributed by atoms with E-state index in [9.17, 15) is 4.79 Å². The minimum atomic E-state index is -0.0433. The minimum Gasteiger partial charge on any atom is -0.500 e. The largest absolute Gasteiger partial charge is 0.500 e. The van der Waals surface area contributed by atoms with Crippen molar-refractivity contribution in [2.24, 2.45) is 23.2 Å². The number of methoxy groups -OCH3 is 1. The van der Waals surface area contributed by atoms with Crippen molar-refractivity contribution in [2.75, 3.05) is 7.11 Å². The lowest BCUT2D eigenvalue weighted by Crippen LogP contribution is -2.41. The van der Waals surface area contributed by atoms with Crippen LogP contribution in [0.5, 0.6) is 0 Å². The van der Waals surface area contributed by atoms with Gasteiger partial charge in [0.2, 0.25) is 0 Å². The molecule has 0 radical (unpaired) electrons. The molecule has 2 unspecified atom stereocenters. The van der Waals surface area contributed by atoms with E-state index in [1.54, 1.807) is 12.7 Å². The fourth-order valence-electron chi connectivity index (χ4n) is 5.83. The van der Waals surface area contributed by atoms with Gasteiger partial charge in [0, 0.05) is 6.42 Å². The molecule has 0 N–H and O–H groups in total. The van der Waals surface area contributed by atoms with Gasteiger partial charge in [0.1, 0.15) is 11.9 Å². The third kappa shape index (κ3) is 2.67. The van der Waals surface area contributed by atoms with Crippen LogP contribution in [0, 0.1) is 23.2 Å². The van der Waals surface area contributed by atoms with E-state index in [1.807, 2.05) is 6.92 Å². The Morgan fingerprint density at radius 2 is 2.12 bits per heavy atom. The van der Waals surface area contributed by atoms with E-state index in [2.05, 4.69) is 25.2 Å². The maximum absolute atomic E-state index is 11.6. The number of hydrogen-bond donors (Lipinski definition) is 0. The fourth-order valence-corrected chi connectivity index (χ4v) is 5.83. The van der Waals surface area contributed by atoms with Gasteiger partial charge in [-0.1, -0.05) is 19.1 Å². The standard InChI is InChI=1S/C22H30O3/c1-4-21(23)25-15-6-8-16-14(13-15)5-7-18-17(16)11-12-22(2)19(18)9-10-20(22)24-3/h7,9-10,14-17H,4-6,8,11-13H2,1-3H3/t14?,15?,16-,17+,22-/m0/s1. The molecule has 0 aromatic rings. The van der Waals surface area contributed by atoms with Crippen LogP contribution in [0.3, 0.4) is 0 Å². The van der Waals surface area contributed by atoms with Gasteiger partial charge >= 0.3 is 5.97 Å². The van der Waals surface area contributed by atoms with Gasteiger partial charge in [0.15, 0.2) is 0 Å². The first kappa shape index (κ1) is 16.9. The summed E-state index contributed by atoms with van der Waals surface area (Å²) >= 11 is 0. The van der Waals surface area contributed by atoms with E-state index in [4.69, 9.17) is 9.47 Å². The second-order valence-electron chi connectivity index (χ2n) is 8.39. The number of rotatable bonds is 3. The van der Waals surface area contributed by atoms with Gasteiger partial charge in [-0.15, -0.1) is 0 Å². The molecule has 5 atom stereocenters. The van der Waals surface area contributed by atoms with Crippen molar-refractivity contribution in [3.05, 3.63) is 35.1 Å². The fraction of sp³-hybridized carbons (Fsp3) is 0.682. The molecule has 4 aliphatic rings. The molecule has 4 rings (SSSR count). The Balaban J connectivity index is 1.51. The number of fused-ring (bicyclic) bond motifs is 5. The number of esters is 1. The highest BCUT2D eigenvalue weighted by Crippen LogP contribution is 2.59. The van der Waals surface area contributed by atoms with Crippen LogP contribution in [0.4, 0.5) is 0 Å². The van der Waals surface area contributed by atoms with Crippen molar-refractivity contribution in [3.8, 4) is 0 Å². The molecule has 3 nitrogen and oxygen atoms in total. The Labute approximate surface area is 151 Å². The summed E-state index contributed by atoms with van der Waals surface area (Å²) in [5.74, 6) is 3.20. The molecule has 0 saturated heterocycles. The zero-order valence-corrected chi connectivity index (χ0v) is 15.7. The molecule has 2 fully saturated rings. The summed E-state index contributed by atoms with van der Waals surface area (Å²) in [5.41, 5.74) is 3.17. The van der Waals surface area contributed by atoms with Gasteiger partial charge in [-0.05, 0) is 80.4 Å². The second-order valence-corrected chi connectivity index (χ2v) is 8.39. The molecule has 0 aliphatic heterocycles. The molecule has 4 aliphatic carbocycles. The Morgan fingerprint density at radius 3 is 2.88 bits per heavy atom. The Kier molecular flexibility index (Phi) is 4.29. The lowest BCUT2D eigenvalue weighted by Gasteiger charge is -2.49. The molecule has 0 aromatic heterocycles. The normalized spacial score (nSPS) is 39.2. The smallest absolute Gasteiger partial charge is 0.305 e. The van der Waals surface area contributed by atoms with E-state index < -0.39 is 0 Å². The van der Waals surface area contributed by atoms with Crippen molar-refractivity contribution in [1.82, 2.24) is 0 Å². The Hall–Kier alpha value is -1.51. The van der Waals surface area contributed by atoms with Crippen LogP contribution in [-0.4, -0.2) is 19.2 Å². The summed E-state index contributed by atoms with van der Waals surface area (Å²) in [5, 5.41) is 0. The van der Waals surface area contributed by atoms with E-state index in [0.29, 0.717) is 18.3 Å². The van der Waals surface area contributed by atoms with Crippen molar-refractivity contribution < 1.29 is 14.3 Å². The number of allylic oxidation sites excluding steroid dienone is 5. The van der Waals surface area contributed by atoms with Gasteiger partial charge in [-0.2, -0.15) is 0 Å². The van der Waals surface area contributed by atoms with Crippen LogP contribution in [-0.2, 0) is 14.3 Å². The van der Waals surface area contributed by atoms with Gasteiger partial charge in [0.25, 0.3) is 0 Å². The van der Waals surface area contributed by atoms with E-state index >= 15 is 0 Å². The number of hydrogen-bond acceptors (Lipinski definition) is 3. The van der Waals surface area contributed by atoms with Crippen LogP contribution in [0.2, 0.25) is 0 Å². The molecular formula is C22H30O3. The van der Waals surface area contributed by atoms with Crippen LogP contribution in [0.1, 0.15) is 58.8 Å². The van der Waals surface area contributed by atoms with Crippen LogP contribution >= 0.6 is 0 Å². The van der Waals surface area contributed by atoms with Crippen LogP contribution in [0.25, 0.3) is 0 Å². The quantitative estimate of drug-likeness (QED) is 0.681. The lowest BCUT2D eigenvalue weighted by molar-refractivity contribution is -0.152. The Morgan fingerprint density at radius 1 is 1.28 bits per heavy atom. The molecule has 0 bridgehead atoms. The predicted octanol–water partition coefficient (Wildman–Crippen LogP) is 4.94. The van der Waals surface area contributed by atoms with Crippen molar-refractivity contribution in [3.63, 3.8) is 0 Å². The molecule has 25 heavy (non-hydrogen) atoms. The van der Waals surface area contributed by atoms with Gasteiger partial charge in [-0.3, -0.25) is 4.79 Å². The summed E-state index contributed by atoms with van der Waals surface area (Å²) in [4.78, 5) is 11.6. The number of carbonyl (C=O) groups is 1. The average Bonchev–Trinajstić information content (AvgIpc) is 2.97. The molecule has 0 amide bonds. The molecule has 0 heterocycles. The topological polar surface area (TPSA) is 35.5 Å². The third-order valence-electron chi connectivity index (χ3n) is 7.16. The first-order valence-electron chi connectivity index (χ1n) is 9.93. The molecule has 136 valence electrons. The zero-order chi connectivity index (χ0) is 17.6. The summed E-state index contributed by atoms with van der Waals surface area (Å²) < 4.78 is 11.3. The van der Waals surface area contributed by atoms with Crippen molar-refractivity contribution in [2.45, 2.75) is 64.9 Å². The van der Waals surface area contributed by atoms with Crippen LogP contribution in [0.15, 0.2) is 35.1 Å².